The molecule has 0 saturated heterocycles. The summed E-state index contributed by atoms with van der Waals surface area (Å²) in [5.41, 5.74) is 1.57. The number of thioether (sulfide) groups is 1. The van der Waals surface area contributed by atoms with E-state index in [1.807, 2.05) is 41.9 Å². The number of nitrogens with zero attached hydrogens (tertiary/aromatic N) is 3. The van der Waals surface area contributed by atoms with E-state index < -0.39 is 0 Å². The van der Waals surface area contributed by atoms with Crippen LogP contribution in [0.5, 0.6) is 0 Å². The van der Waals surface area contributed by atoms with Crippen LogP contribution in [0.25, 0.3) is 32.2 Å². The highest BCUT2D eigenvalue weighted by molar-refractivity contribution is 7.99. The van der Waals surface area contributed by atoms with Gasteiger partial charge in [-0.25, -0.2) is 4.98 Å². The van der Waals surface area contributed by atoms with Gasteiger partial charge < -0.3 is 14.4 Å². The highest BCUT2D eigenvalue weighted by Crippen LogP contribution is 2.36. The Bertz CT molecular complexity index is 1280. The first-order valence-corrected chi connectivity index (χ1v) is 11.0. The molecule has 0 bridgehead atoms. The van der Waals surface area contributed by atoms with Crippen LogP contribution in [0.3, 0.4) is 0 Å². The molecule has 140 valence electrons. The van der Waals surface area contributed by atoms with E-state index in [1.165, 1.54) is 23.1 Å². The maximum atomic E-state index is 12.7. The van der Waals surface area contributed by atoms with Crippen molar-refractivity contribution in [1.29, 1.82) is 0 Å². The Kier molecular flexibility index (Phi) is 4.38. The quantitative estimate of drug-likeness (QED) is 0.385. The van der Waals surface area contributed by atoms with Gasteiger partial charge in [-0.15, -0.1) is 32.9 Å². The third-order valence-electron chi connectivity index (χ3n) is 4.15. The minimum absolute atomic E-state index is 0.130. The lowest BCUT2D eigenvalue weighted by Crippen LogP contribution is -2.12. The molecule has 0 amide bonds. The van der Waals surface area contributed by atoms with Crippen LogP contribution < -0.4 is 5.56 Å². The second-order valence-corrected chi connectivity index (χ2v) is 9.07. The van der Waals surface area contributed by atoms with E-state index in [-0.39, 0.29) is 10.8 Å². The van der Waals surface area contributed by atoms with Crippen molar-refractivity contribution in [3.05, 3.63) is 57.4 Å². The van der Waals surface area contributed by atoms with Crippen molar-refractivity contribution in [3.63, 3.8) is 0 Å². The smallest absolute Gasteiger partial charge is 0.277 e. The van der Waals surface area contributed by atoms with Crippen LogP contribution in [-0.2, 0) is 0 Å². The number of rotatable bonds is 5. The number of fused-ring (bicyclic) bond motifs is 1. The topological polar surface area (TPSA) is 100 Å². The number of H-pyrrole nitrogens is 2. The highest BCUT2D eigenvalue weighted by Gasteiger charge is 2.19. The van der Waals surface area contributed by atoms with Crippen LogP contribution in [-0.4, -0.2) is 25.1 Å². The summed E-state index contributed by atoms with van der Waals surface area (Å²) in [7, 11) is 0. The number of thiophene rings is 2. The summed E-state index contributed by atoms with van der Waals surface area (Å²) in [6, 6.07) is 7.71. The van der Waals surface area contributed by atoms with Crippen molar-refractivity contribution < 1.29 is 4.42 Å². The second kappa shape index (κ2) is 7.04. The largest absolute Gasteiger partial charge is 0.410 e. The Hall–Kier alpha value is -2.69. The van der Waals surface area contributed by atoms with E-state index in [4.69, 9.17) is 4.42 Å². The zero-order chi connectivity index (χ0) is 19.1. The van der Waals surface area contributed by atoms with E-state index in [0.29, 0.717) is 22.3 Å². The molecule has 5 rings (SSSR count). The summed E-state index contributed by atoms with van der Waals surface area (Å²) >= 11 is 4.44. The zero-order valence-corrected chi connectivity index (χ0v) is 17.0. The van der Waals surface area contributed by atoms with Gasteiger partial charge in [0, 0.05) is 22.0 Å². The minimum Gasteiger partial charge on any atom is -0.410 e. The molecule has 5 heterocycles. The van der Waals surface area contributed by atoms with Crippen LogP contribution in [0.4, 0.5) is 0 Å². The summed E-state index contributed by atoms with van der Waals surface area (Å²) in [4.78, 5) is 25.2. The van der Waals surface area contributed by atoms with Crippen molar-refractivity contribution in [2.45, 2.75) is 17.4 Å². The van der Waals surface area contributed by atoms with Crippen LogP contribution in [0.1, 0.15) is 18.0 Å². The van der Waals surface area contributed by atoms with Crippen molar-refractivity contribution in [3.8, 4) is 22.0 Å². The molecule has 1 unspecified atom stereocenters. The number of hydrogen-bond acceptors (Lipinski definition) is 8. The van der Waals surface area contributed by atoms with E-state index in [0.717, 1.165) is 21.0 Å². The van der Waals surface area contributed by atoms with Crippen LogP contribution in [0, 0.1) is 0 Å². The van der Waals surface area contributed by atoms with Gasteiger partial charge in [0.15, 0.2) is 0 Å². The first kappa shape index (κ1) is 17.4. The van der Waals surface area contributed by atoms with Gasteiger partial charge in [-0.1, -0.05) is 17.8 Å². The standard InChI is InChI=1S/C18H13N5O2S3/c1-9(28-18-23-22-16(25-18)11-4-2-6-19-11)14-20-15(24)13-10(8-27-17(13)21-14)12-5-3-7-26-12/h2-9,19H,1H3,(H,20,21,24). The highest BCUT2D eigenvalue weighted by atomic mass is 32.2. The number of aromatic amines is 2. The van der Waals surface area contributed by atoms with Crippen molar-refractivity contribution in [2.75, 3.05) is 0 Å². The van der Waals surface area contributed by atoms with Gasteiger partial charge in [-0.3, -0.25) is 4.79 Å². The molecule has 7 nitrogen and oxygen atoms in total. The van der Waals surface area contributed by atoms with Gasteiger partial charge in [0.05, 0.1) is 10.6 Å². The average molecular weight is 428 g/mol. The van der Waals surface area contributed by atoms with Crippen molar-refractivity contribution in [2.24, 2.45) is 0 Å². The SMILES string of the molecule is CC(Sc1nnc(-c2ccc[nH]2)o1)c1nc2scc(-c3cccs3)c2c(=O)[nH]1. The Morgan fingerprint density at radius 2 is 2.14 bits per heavy atom. The summed E-state index contributed by atoms with van der Waals surface area (Å²) in [5, 5.41) is 13.0. The fraction of sp³-hybridized carbons (Fsp3) is 0.111. The number of nitrogens with one attached hydrogen (secondary N) is 2. The maximum Gasteiger partial charge on any atom is 0.277 e. The molecule has 28 heavy (non-hydrogen) atoms. The van der Waals surface area contributed by atoms with E-state index in [9.17, 15) is 4.79 Å². The Morgan fingerprint density at radius 3 is 2.93 bits per heavy atom. The minimum atomic E-state index is -0.152. The van der Waals surface area contributed by atoms with Gasteiger partial charge in [0.2, 0.25) is 0 Å². The predicted molar refractivity (Wildman–Crippen MR) is 112 cm³/mol. The summed E-state index contributed by atoms with van der Waals surface area (Å²) in [6.07, 6.45) is 1.80. The molecule has 0 aliphatic heterocycles. The monoisotopic (exact) mass is 427 g/mol. The first-order valence-electron chi connectivity index (χ1n) is 8.38. The average Bonchev–Trinajstić information content (AvgIpc) is 3.46. The van der Waals surface area contributed by atoms with Crippen LogP contribution >= 0.6 is 34.4 Å². The van der Waals surface area contributed by atoms with E-state index in [1.54, 1.807) is 17.5 Å². The third kappa shape index (κ3) is 3.09. The number of hydrogen-bond donors (Lipinski definition) is 2. The molecule has 10 heteroatoms. The molecule has 0 aliphatic carbocycles. The molecule has 1 atom stereocenters. The lowest BCUT2D eigenvalue weighted by molar-refractivity contribution is 0.463. The first-order chi connectivity index (χ1) is 13.7. The zero-order valence-electron chi connectivity index (χ0n) is 14.5. The maximum absolute atomic E-state index is 12.7. The normalized spacial score (nSPS) is 12.6. The molecule has 0 aliphatic rings. The molecule has 2 N–H and O–H groups in total. The van der Waals surface area contributed by atoms with Gasteiger partial charge in [0.25, 0.3) is 16.7 Å². The molecule has 0 radical (unpaired) electrons. The third-order valence-corrected chi connectivity index (χ3v) is 6.87. The van der Waals surface area contributed by atoms with Crippen LogP contribution in [0.15, 0.2) is 55.7 Å². The van der Waals surface area contributed by atoms with Crippen molar-refractivity contribution >= 4 is 44.7 Å². The Morgan fingerprint density at radius 1 is 1.21 bits per heavy atom. The second-order valence-electron chi connectivity index (χ2n) is 5.97. The summed E-state index contributed by atoms with van der Waals surface area (Å²) < 4.78 is 5.68. The van der Waals surface area contributed by atoms with Gasteiger partial charge in [-0.05, 0) is 30.5 Å². The molecular formula is C18H13N5O2S3. The fourth-order valence-corrected chi connectivity index (χ4v) is 5.32. The fourth-order valence-electron chi connectivity index (χ4n) is 2.81. The summed E-state index contributed by atoms with van der Waals surface area (Å²) in [5.74, 6) is 1.01. The molecule has 0 fully saturated rings. The van der Waals surface area contributed by atoms with Gasteiger partial charge in [-0.2, -0.15) is 0 Å². The van der Waals surface area contributed by atoms with E-state index >= 15 is 0 Å². The van der Waals surface area contributed by atoms with E-state index in [2.05, 4.69) is 25.1 Å². The predicted octanol–water partition coefficient (Wildman–Crippen LogP) is 4.94. The molecule has 0 aromatic carbocycles. The summed E-state index contributed by atoms with van der Waals surface area (Å²) in [6.45, 7) is 1.95. The Labute approximate surface area is 170 Å². The van der Waals surface area contributed by atoms with Crippen molar-refractivity contribution in [1.82, 2.24) is 25.1 Å². The van der Waals surface area contributed by atoms with Gasteiger partial charge in [0.1, 0.15) is 16.3 Å². The molecule has 5 aromatic heterocycles. The molecule has 0 spiro atoms. The molecule has 5 aromatic rings. The lowest BCUT2D eigenvalue weighted by Gasteiger charge is -2.07. The molecule has 0 saturated carbocycles. The Balaban J connectivity index is 1.44. The van der Waals surface area contributed by atoms with Gasteiger partial charge >= 0.3 is 0 Å². The lowest BCUT2D eigenvalue weighted by atomic mass is 10.2. The molecular weight excluding hydrogens is 414 g/mol. The van der Waals surface area contributed by atoms with Crippen LogP contribution in [0.2, 0.25) is 0 Å². The number of aromatic nitrogens is 5.